The molecule has 0 N–H and O–H groups in total. The molecule has 0 bridgehead atoms. The van der Waals surface area contributed by atoms with Gasteiger partial charge in [0.05, 0.1) is 7.11 Å². The summed E-state index contributed by atoms with van der Waals surface area (Å²) in [4.78, 5) is 12.3. The lowest BCUT2D eigenvalue weighted by Gasteiger charge is -2.03. The second-order valence-electron chi connectivity index (χ2n) is 5.55. The molecule has 3 rings (SSSR count). The third kappa shape index (κ3) is 4.46. The molecule has 0 atom stereocenters. The van der Waals surface area contributed by atoms with E-state index in [9.17, 15) is 4.79 Å². The molecule has 0 radical (unpaired) electrons. The number of halogens is 1. The Kier molecular flexibility index (Phi) is 5.46. The molecule has 0 spiro atoms. The van der Waals surface area contributed by atoms with Crippen LogP contribution in [0.5, 0.6) is 5.75 Å². The molecule has 0 saturated heterocycles. The quantitative estimate of drug-likeness (QED) is 0.391. The molecule has 3 heteroatoms. The van der Waals surface area contributed by atoms with E-state index in [0.717, 1.165) is 26.9 Å². The standard InChI is InChI=1S/C22H17BrO2/c1-25-21-13-2-16(3-14-21)4-15-22(24)19-7-5-17(6-8-19)18-9-11-20(23)12-10-18/h2-15H,1H3/b15-4+. The highest BCUT2D eigenvalue weighted by atomic mass is 79.9. The number of ether oxygens (including phenoxy) is 1. The van der Waals surface area contributed by atoms with Gasteiger partial charge in [0.2, 0.25) is 0 Å². The van der Waals surface area contributed by atoms with Gasteiger partial charge in [0, 0.05) is 10.0 Å². The van der Waals surface area contributed by atoms with Gasteiger partial charge in [-0.2, -0.15) is 0 Å². The molecule has 3 aromatic carbocycles. The molecular weight excluding hydrogens is 376 g/mol. The van der Waals surface area contributed by atoms with E-state index in [2.05, 4.69) is 15.9 Å². The van der Waals surface area contributed by atoms with Crippen LogP contribution < -0.4 is 4.74 Å². The number of carbonyl (C=O) groups is 1. The van der Waals surface area contributed by atoms with E-state index in [1.807, 2.05) is 78.9 Å². The Hall–Kier alpha value is -2.65. The Balaban J connectivity index is 1.71. The van der Waals surface area contributed by atoms with Crippen molar-refractivity contribution in [2.45, 2.75) is 0 Å². The van der Waals surface area contributed by atoms with Gasteiger partial charge in [-0.3, -0.25) is 4.79 Å². The Bertz CT molecular complexity index is 877. The number of hydrogen-bond acceptors (Lipinski definition) is 2. The van der Waals surface area contributed by atoms with Crippen molar-refractivity contribution in [2.24, 2.45) is 0 Å². The first kappa shape index (κ1) is 17.2. The molecule has 2 nitrogen and oxygen atoms in total. The van der Waals surface area contributed by atoms with Gasteiger partial charge < -0.3 is 4.74 Å². The minimum atomic E-state index is -0.0156. The van der Waals surface area contributed by atoms with Gasteiger partial charge in [0.25, 0.3) is 0 Å². The second-order valence-corrected chi connectivity index (χ2v) is 6.47. The zero-order chi connectivity index (χ0) is 17.6. The van der Waals surface area contributed by atoms with Gasteiger partial charge >= 0.3 is 0 Å². The zero-order valence-corrected chi connectivity index (χ0v) is 15.4. The molecule has 25 heavy (non-hydrogen) atoms. The predicted molar refractivity (Wildman–Crippen MR) is 106 cm³/mol. The van der Waals surface area contributed by atoms with Gasteiger partial charge in [0.1, 0.15) is 5.75 Å². The summed E-state index contributed by atoms with van der Waals surface area (Å²) in [5.74, 6) is 0.783. The topological polar surface area (TPSA) is 26.3 Å². The van der Waals surface area contributed by atoms with Crippen molar-refractivity contribution in [3.8, 4) is 16.9 Å². The van der Waals surface area contributed by atoms with Crippen LogP contribution >= 0.6 is 15.9 Å². The van der Waals surface area contributed by atoms with E-state index in [1.54, 1.807) is 13.2 Å². The van der Waals surface area contributed by atoms with Crippen LogP contribution in [0.4, 0.5) is 0 Å². The number of methoxy groups -OCH3 is 1. The van der Waals surface area contributed by atoms with Crippen LogP contribution in [0.15, 0.2) is 83.3 Å². The lowest BCUT2D eigenvalue weighted by molar-refractivity contribution is 0.104. The molecule has 0 fully saturated rings. The fourth-order valence-corrected chi connectivity index (χ4v) is 2.72. The first-order valence-corrected chi connectivity index (χ1v) is 8.67. The van der Waals surface area contributed by atoms with Crippen LogP contribution in [0.25, 0.3) is 17.2 Å². The smallest absolute Gasteiger partial charge is 0.185 e. The fourth-order valence-electron chi connectivity index (χ4n) is 2.45. The zero-order valence-electron chi connectivity index (χ0n) is 13.8. The molecular formula is C22H17BrO2. The molecule has 0 heterocycles. The van der Waals surface area contributed by atoms with Crippen molar-refractivity contribution in [2.75, 3.05) is 7.11 Å². The van der Waals surface area contributed by atoms with Gasteiger partial charge in [-0.25, -0.2) is 0 Å². The summed E-state index contributed by atoms with van der Waals surface area (Å²) in [6.45, 7) is 0. The summed E-state index contributed by atoms with van der Waals surface area (Å²) in [7, 11) is 1.63. The van der Waals surface area contributed by atoms with Crippen LogP contribution in [-0.2, 0) is 0 Å². The first-order valence-electron chi connectivity index (χ1n) is 7.88. The lowest BCUT2D eigenvalue weighted by atomic mass is 10.0. The number of allylic oxidation sites excluding steroid dienone is 1. The molecule has 0 aromatic heterocycles. The minimum absolute atomic E-state index is 0.0156. The second kappa shape index (κ2) is 7.95. The number of benzene rings is 3. The summed E-state index contributed by atoms with van der Waals surface area (Å²) in [5, 5.41) is 0. The van der Waals surface area contributed by atoms with Crippen LogP contribution in [0.1, 0.15) is 15.9 Å². The predicted octanol–water partition coefficient (Wildman–Crippen LogP) is 6.02. The molecule has 124 valence electrons. The molecule has 0 aliphatic carbocycles. The highest BCUT2D eigenvalue weighted by Crippen LogP contribution is 2.22. The van der Waals surface area contributed by atoms with Gasteiger partial charge in [0.15, 0.2) is 5.78 Å². The molecule has 0 aliphatic rings. The summed E-state index contributed by atoms with van der Waals surface area (Å²) in [6.07, 6.45) is 3.40. The summed E-state index contributed by atoms with van der Waals surface area (Å²) in [6, 6.07) is 23.3. The maximum absolute atomic E-state index is 12.3. The van der Waals surface area contributed by atoms with E-state index in [1.165, 1.54) is 0 Å². The average Bonchev–Trinajstić information content (AvgIpc) is 2.67. The highest BCUT2D eigenvalue weighted by Gasteiger charge is 2.03. The molecule has 0 saturated carbocycles. The number of ketones is 1. The van der Waals surface area contributed by atoms with Crippen molar-refractivity contribution in [3.63, 3.8) is 0 Å². The third-order valence-electron chi connectivity index (χ3n) is 3.89. The van der Waals surface area contributed by atoms with Crippen LogP contribution in [0, 0.1) is 0 Å². The fraction of sp³-hybridized carbons (Fsp3) is 0.0455. The summed E-state index contributed by atoms with van der Waals surface area (Å²) >= 11 is 3.43. The third-order valence-corrected chi connectivity index (χ3v) is 4.42. The maximum Gasteiger partial charge on any atom is 0.185 e. The van der Waals surface area contributed by atoms with E-state index in [0.29, 0.717) is 5.56 Å². The van der Waals surface area contributed by atoms with E-state index in [-0.39, 0.29) is 5.78 Å². The van der Waals surface area contributed by atoms with E-state index >= 15 is 0 Å². The Morgan fingerprint density at radius 1 is 0.840 bits per heavy atom. The number of carbonyl (C=O) groups excluding carboxylic acids is 1. The molecule has 0 unspecified atom stereocenters. The SMILES string of the molecule is COc1ccc(/C=C/C(=O)c2ccc(-c3ccc(Br)cc3)cc2)cc1. The van der Waals surface area contributed by atoms with Crippen molar-refractivity contribution < 1.29 is 9.53 Å². The van der Waals surface area contributed by atoms with E-state index < -0.39 is 0 Å². The van der Waals surface area contributed by atoms with Gasteiger partial charge in [-0.1, -0.05) is 70.5 Å². The Labute approximate surface area is 155 Å². The lowest BCUT2D eigenvalue weighted by Crippen LogP contribution is -1.93. The molecule has 0 amide bonds. The van der Waals surface area contributed by atoms with Gasteiger partial charge in [-0.15, -0.1) is 0 Å². The van der Waals surface area contributed by atoms with Crippen molar-refractivity contribution in [1.82, 2.24) is 0 Å². The van der Waals surface area contributed by atoms with Crippen molar-refractivity contribution >= 4 is 27.8 Å². The maximum atomic E-state index is 12.3. The average molecular weight is 393 g/mol. The minimum Gasteiger partial charge on any atom is -0.497 e. The summed E-state index contributed by atoms with van der Waals surface area (Å²) in [5.41, 5.74) is 3.84. The Morgan fingerprint density at radius 2 is 1.40 bits per heavy atom. The largest absolute Gasteiger partial charge is 0.497 e. The van der Waals surface area contributed by atoms with Crippen LogP contribution in [0.3, 0.4) is 0 Å². The van der Waals surface area contributed by atoms with Crippen molar-refractivity contribution in [1.29, 1.82) is 0 Å². The number of hydrogen-bond donors (Lipinski definition) is 0. The molecule has 3 aromatic rings. The van der Waals surface area contributed by atoms with Gasteiger partial charge in [-0.05, 0) is 47.0 Å². The van der Waals surface area contributed by atoms with Crippen LogP contribution in [0.2, 0.25) is 0 Å². The highest BCUT2D eigenvalue weighted by molar-refractivity contribution is 9.10. The Morgan fingerprint density at radius 3 is 1.96 bits per heavy atom. The molecule has 0 aliphatic heterocycles. The van der Waals surface area contributed by atoms with Crippen LogP contribution in [-0.4, -0.2) is 12.9 Å². The van der Waals surface area contributed by atoms with Crippen molar-refractivity contribution in [3.05, 3.63) is 94.5 Å². The monoisotopic (exact) mass is 392 g/mol. The summed E-state index contributed by atoms with van der Waals surface area (Å²) < 4.78 is 6.17. The number of rotatable bonds is 5. The first-order chi connectivity index (χ1) is 12.2. The normalized spacial score (nSPS) is 10.8. The van der Waals surface area contributed by atoms with E-state index in [4.69, 9.17) is 4.74 Å².